The minimum atomic E-state index is -0.646. The van der Waals surface area contributed by atoms with Crippen LogP contribution in [0.2, 0.25) is 0 Å². The first-order valence-corrected chi connectivity index (χ1v) is 6.35. The van der Waals surface area contributed by atoms with Crippen LogP contribution in [0.4, 0.5) is 4.79 Å². The van der Waals surface area contributed by atoms with Gasteiger partial charge < -0.3 is 14.8 Å². The molecule has 106 valence electrons. The van der Waals surface area contributed by atoms with Gasteiger partial charge in [-0.2, -0.15) is 0 Å². The molecule has 0 rings (SSSR count). The normalized spacial score (nSPS) is 13.1. The lowest BCUT2D eigenvalue weighted by Crippen LogP contribution is -2.44. The van der Waals surface area contributed by atoms with Gasteiger partial charge in [0.1, 0.15) is 11.6 Å². The lowest BCUT2D eigenvalue weighted by molar-refractivity contribution is -0.150. The first-order valence-electron chi connectivity index (χ1n) is 6.35. The fourth-order valence-corrected chi connectivity index (χ4v) is 1.30. The van der Waals surface area contributed by atoms with Crippen molar-refractivity contribution in [3.8, 4) is 0 Å². The molecular formula is C13H25NO4. The minimum Gasteiger partial charge on any atom is -0.461 e. The van der Waals surface area contributed by atoms with Crippen LogP contribution in [-0.4, -0.2) is 29.8 Å². The Balaban J connectivity index is 4.43. The molecule has 0 aliphatic carbocycles. The van der Waals surface area contributed by atoms with Crippen LogP contribution in [0, 0.1) is 0 Å². The summed E-state index contributed by atoms with van der Waals surface area (Å²) in [6, 6.07) is -0.646. The Kier molecular flexibility index (Phi) is 6.73. The standard InChI is InChI=1S/C13H25NO4/c1-7-8-10(11(15)17-9(2)3)14-12(16)18-13(4,5)6/h9-10H,7-8H2,1-6H3,(H,14,16)/t10-/m0/s1. The molecule has 1 amide bonds. The summed E-state index contributed by atoms with van der Waals surface area (Å²) in [5.74, 6) is -0.419. The van der Waals surface area contributed by atoms with Crippen LogP contribution in [-0.2, 0) is 14.3 Å². The van der Waals surface area contributed by atoms with E-state index in [1.54, 1.807) is 34.6 Å². The number of nitrogens with one attached hydrogen (secondary N) is 1. The van der Waals surface area contributed by atoms with E-state index in [0.29, 0.717) is 6.42 Å². The zero-order valence-electron chi connectivity index (χ0n) is 12.2. The second-order valence-electron chi connectivity index (χ2n) is 5.47. The topological polar surface area (TPSA) is 64.6 Å². The van der Waals surface area contributed by atoms with Crippen molar-refractivity contribution in [1.82, 2.24) is 5.32 Å². The van der Waals surface area contributed by atoms with Crippen molar-refractivity contribution in [3.63, 3.8) is 0 Å². The highest BCUT2D eigenvalue weighted by Crippen LogP contribution is 2.08. The highest BCUT2D eigenvalue weighted by molar-refractivity contribution is 5.81. The average Bonchev–Trinajstić information content (AvgIpc) is 2.12. The van der Waals surface area contributed by atoms with E-state index < -0.39 is 23.7 Å². The number of hydrogen-bond acceptors (Lipinski definition) is 4. The molecule has 0 aromatic carbocycles. The summed E-state index contributed by atoms with van der Waals surface area (Å²) in [6.07, 6.45) is 0.511. The molecule has 0 aromatic heterocycles. The third-order valence-corrected chi connectivity index (χ3v) is 1.90. The molecular weight excluding hydrogens is 234 g/mol. The summed E-state index contributed by atoms with van der Waals surface area (Å²) in [4.78, 5) is 23.3. The molecule has 0 aliphatic rings. The monoisotopic (exact) mass is 259 g/mol. The third-order valence-electron chi connectivity index (χ3n) is 1.90. The first kappa shape index (κ1) is 16.7. The van der Waals surface area contributed by atoms with Crippen LogP contribution in [0.25, 0.3) is 0 Å². The number of carbonyl (C=O) groups excluding carboxylic acids is 2. The molecule has 0 heterocycles. The molecule has 0 aromatic rings. The van der Waals surface area contributed by atoms with E-state index in [-0.39, 0.29) is 6.10 Å². The number of hydrogen-bond donors (Lipinski definition) is 1. The number of amides is 1. The molecule has 0 saturated heterocycles. The van der Waals surface area contributed by atoms with Gasteiger partial charge in [-0.15, -0.1) is 0 Å². The van der Waals surface area contributed by atoms with Crippen molar-refractivity contribution in [2.45, 2.75) is 72.1 Å². The van der Waals surface area contributed by atoms with E-state index in [2.05, 4.69) is 5.32 Å². The largest absolute Gasteiger partial charge is 0.461 e. The molecule has 1 N–H and O–H groups in total. The molecule has 0 aliphatic heterocycles. The quantitative estimate of drug-likeness (QED) is 0.771. The second kappa shape index (κ2) is 7.24. The van der Waals surface area contributed by atoms with Gasteiger partial charge in [0.25, 0.3) is 0 Å². The lowest BCUT2D eigenvalue weighted by Gasteiger charge is -2.23. The zero-order chi connectivity index (χ0) is 14.3. The van der Waals surface area contributed by atoms with E-state index in [1.807, 2.05) is 6.92 Å². The number of carbonyl (C=O) groups is 2. The van der Waals surface area contributed by atoms with Crippen molar-refractivity contribution in [1.29, 1.82) is 0 Å². The van der Waals surface area contributed by atoms with Crippen molar-refractivity contribution in [2.75, 3.05) is 0 Å². The van der Waals surface area contributed by atoms with Crippen molar-refractivity contribution in [2.24, 2.45) is 0 Å². The number of esters is 1. The zero-order valence-corrected chi connectivity index (χ0v) is 12.2. The molecule has 0 radical (unpaired) electrons. The summed E-state index contributed by atoms with van der Waals surface area (Å²) in [5, 5.41) is 2.54. The first-order chi connectivity index (χ1) is 8.15. The smallest absolute Gasteiger partial charge is 0.408 e. The number of rotatable bonds is 5. The van der Waals surface area contributed by atoms with Crippen LogP contribution in [0.3, 0.4) is 0 Å². The van der Waals surface area contributed by atoms with E-state index in [9.17, 15) is 9.59 Å². The number of alkyl carbamates (subject to hydrolysis) is 1. The summed E-state index contributed by atoms with van der Waals surface area (Å²) in [6.45, 7) is 10.8. The maximum absolute atomic E-state index is 11.8. The Morgan fingerprint density at radius 3 is 2.17 bits per heavy atom. The fourth-order valence-electron chi connectivity index (χ4n) is 1.30. The Morgan fingerprint density at radius 1 is 1.22 bits per heavy atom. The van der Waals surface area contributed by atoms with Crippen LogP contribution >= 0.6 is 0 Å². The van der Waals surface area contributed by atoms with Gasteiger partial charge in [-0.05, 0) is 41.0 Å². The number of ether oxygens (including phenoxy) is 2. The predicted molar refractivity (Wildman–Crippen MR) is 69.3 cm³/mol. The minimum absolute atomic E-state index is 0.197. The van der Waals surface area contributed by atoms with Gasteiger partial charge >= 0.3 is 12.1 Å². The van der Waals surface area contributed by atoms with Gasteiger partial charge in [-0.3, -0.25) is 0 Å². The van der Waals surface area contributed by atoms with Crippen molar-refractivity contribution >= 4 is 12.1 Å². The van der Waals surface area contributed by atoms with Gasteiger partial charge in [0.15, 0.2) is 0 Å². The van der Waals surface area contributed by atoms with Gasteiger partial charge in [0.2, 0.25) is 0 Å². The average molecular weight is 259 g/mol. The van der Waals surface area contributed by atoms with Gasteiger partial charge in [-0.1, -0.05) is 13.3 Å². The Hall–Kier alpha value is -1.26. The molecule has 5 nitrogen and oxygen atoms in total. The molecule has 0 fully saturated rings. The third kappa shape index (κ3) is 7.92. The van der Waals surface area contributed by atoms with Crippen LogP contribution in [0.5, 0.6) is 0 Å². The fraction of sp³-hybridized carbons (Fsp3) is 0.846. The Labute approximate surface area is 109 Å². The SMILES string of the molecule is CCC[C@H](NC(=O)OC(C)(C)C)C(=O)OC(C)C. The molecule has 0 bridgehead atoms. The van der Waals surface area contributed by atoms with Gasteiger partial charge in [-0.25, -0.2) is 9.59 Å². The highest BCUT2D eigenvalue weighted by Gasteiger charge is 2.25. The maximum Gasteiger partial charge on any atom is 0.408 e. The molecule has 5 heteroatoms. The Morgan fingerprint density at radius 2 is 1.78 bits per heavy atom. The van der Waals surface area contributed by atoms with E-state index >= 15 is 0 Å². The molecule has 0 unspecified atom stereocenters. The van der Waals surface area contributed by atoms with E-state index in [4.69, 9.17) is 9.47 Å². The predicted octanol–water partition coefficient (Wildman–Crippen LogP) is 2.63. The van der Waals surface area contributed by atoms with Crippen molar-refractivity contribution < 1.29 is 19.1 Å². The maximum atomic E-state index is 11.8. The van der Waals surface area contributed by atoms with Crippen molar-refractivity contribution in [3.05, 3.63) is 0 Å². The van der Waals surface area contributed by atoms with Crippen LogP contribution in [0.15, 0.2) is 0 Å². The second-order valence-corrected chi connectivity index (χ2v) is 5.47. The summed E-state index contributed by atoms with van der Waals surface area (Å²) < 4.78 is 10.2. The molecule has 0 saturated carbocycles. The summed E-state index contributed by atoms with van der Waals surface area (Å²) in [7, 11) is 0. The summed E-state index contributed by atoms with van der Waals surface area (Å²) >= 11 is 0. The lowest BCUT2D eigenvalue weighted by atomic mass is 10.1. The highest BCUT2D eigenvalue weighted by atomic mass is 16.6. The summed E-state index contributed by atoms with van der Waals surface area (Å²) in [5.41, 5.74) is -0.581. The van der Waals surface area contributed by atoms with Gasteiger partial charge in [0.05, 0.1) is 6.10 Å². The van der Waals surface area contributed by atoms with E-state index in [1.165, 1.54) is 0 Å². The Bertz CT molecular complexity index is 281. The van der Waals surface area contributed by atoms with Crippen LogP contribution < -0.4 is 5.32 Å². The van der Waals surface area contributed by atoms with Gasteiger partial charge in [0, 0.05) is 0 Å². The molecule has 0 spiro atoms. The molecule has 1 atom stereocenters. The van der Waals surface area contributed by atoms with Crippen LogP contribution in [0.1, 0.15) is 54.4 Å². The molecule has 18 heavy (non-hydrogen) atoms. The van der Waals surface area contributed by atoms with E-state index in [0.717, 1.165) is 6.42 Å².